The minimum Gasteiger partial charge on any atom is -0.392 e. The lowest BCUT2D eigenvalue weighted by atomic mass is 10.1. The largest absolute Gasteiger partial charge is 0.392 e. The standard InChI is InChI=1S/C18H18ClNO3/c1-12-2-3-13(11-21)10-16(12)20-18(23)9-8-17(22)14-4-6-15(19)7-5-14/h2-7,10,21H,8-9,11H2,1H3,(H,20,23). The number of rotatable bonds is 6. The summed E-state index contributed by atoms with van der Waals surface area (Å²) in [5, 5.41) is 12.5. The molecule has 0 spiro atoms. The number of halogens is 1. The Morgan fingerprint density at radius 2 is 1.78 bits per heavy atom. The van der Waals surface area contributed by atoms with E-state index in [1.165, 1.54) is 0 Å². The Kier molecular flexibility index (Phi) is 5.90. The molecule has 0 heterocycles. The van der Waals surface area contributed by atoms with Crippen molar-refractivity contribution >= 4 is 29.0 Å². The summed E-state index contributed by atoms with van der Waals surface area (Å²) >= 11 is 5.78. The minimum absolute atomic E-state index is 0.0851. The summed E-state index contributed by atoms with van der Waals surface area (Å²) < 4.78 is 0. The van der Waals surface area contributed by atoms with Gasteiger partial charge in [-0.25, -0.2) is 0 Å². The highest BCUT2D eigenvalue weighted by Crippen LogP contribution is 2.18. The summed E-state index contributed by atoms with van der Waals surface area (Å²) in [5.41, 5.74) is 2.82. The molecule has 2 N–H and O–H groups in total. The molecular weight excluding hydrogens is 314 g/mol. The van der Waals surface area contributed by atoms with Crippen LogP contribution in [0.2, 0.25) is 5.02 Å². The van der Waals surface area contributed by atoms with Crippen molar-refractivity contribution in [3.8, 4) is 0 Å². The van der Waals surface area contributed by atoms with Crippen LogP contribution in [-0.4, -0.2) is 16.8 Å². The molecule has 0 aliphatic rings. The van der Waals surface area contributed by atoms with E-state index in [0.717, 1.165) is 11.1 Å². The number of hydrogen-bond donors (Lipinski definition) is 2. The third-order valence-electron chi connectivity index (χ3n) is 3.50. The van der Waals surface area contributed by atoms with Gasteiger partial charge in [0.25, 0.3) is 0 Å². The smallest absolute Gasteiger partial charge is 0.224 e. The van der Waals surface area contributed by atoms with E-state index in [0.29, 0.717) is 16.3 Å². The van der Waals surface area contributed by atoms with Gasteiger partial charge in [-0.05, 0) is 48.4 Å². The number of ketones is 1. The summed E-state index contributed by atoms with van der Waals surface area (Å²) in [5.74, 6) is -0.330. The quantitative estimate of drug-likeness (QED) is 0.792. The Hall–Kier alpha value is -2.17. The SMILES string of the molecule is Cc1ccc(CO)cc1NC(=O)CCC(=O)c1ccc(Cl)cc1. The zero-order chi connectivity index (χ0) is 16.8. The molecule has 2 aromatic carbocycles. The Balaban J connectivity index is 1.92. The van der Waals surface area contributed by atoms with E-state index in [2.05, 4.69) is 5.32 Å². The maximum absolute atomic E-state index is 12.0. The molecule has 2 aromatic rings. The normalized spacial score (nSPS) is 10.4. The molecule has 2 rings (SSSR count). The van der Waals surface area contributed by atoms with Gasteiger partial charge in [0.2, 0.25) is 5.91 Å². The van der Waals surface area contributed by atoms with Gasteiger partial charge in [-0.15, -0.1) is 0 Å². The monoisotopic (exact) mass is 331 g/mol. The number of nitrogens with one attached hydrogen (secondary N) is 1. The van der Waals surface area contributed by atoms with E-state index in [9.17, 15) is 9.59 Å². The average Bonchev–Trinajstić information content (AvgIpc) is 2.55. The number of aliphatic hydroxyl groups excluding tert-OH is 1. The zero-order valence-electron chi connectivity index (χ0n) is 12.8. The molecule has 5 heteroatoms. The van der Waals surface area contributed by atoms with Gasteiger partial charge in [0, 0.05) is 29.1 Å². The van der Waals surface area contributed by atoms with Crippen LogP contribution in [0.1, 0.15) is 34.3 Å². The molecule has 0 atom stereocenters. The maximum Gasteiger partial charge on any atom is 0.224 e. The van der Waals surface area contributed by atoms with Gasteiger partial charge in [0.05, 0.1) is 6.61 Å². The summed E-state index contributed by atoms with van der Waals surface area (Å²) in [4.78, 5) is 24.0. The number of carbonyl (C=O) groups excluding carboxylic acids is 2. The molecule has 0 aliphatic carbocycles. The second-order valence-electron chi connectivity index (χ2n) is 5.29. The van der Waals surface area contributed by atoms with Crippen LogP contribution in [0, 0.1) is 6.92 Å². The van der Waals surface area contributed by atoms with Crippen LogP contribution in [0.4, 0.5) is 5.69 Å². The summed E-state index contributed by atoms with van der Waals surface area (Å²) in [6.07, 6.45) is 0.233. The Morgan fingerprint density at radius 1 is 1.09 bits per heavy atom. The first kappa shape index (κ1) is 17.2. The lowest BCUT2D eigenvalue weighted by Crippen LogP contribution is -2.14. The maximum atomic E-state index is 12.0. The molecule has 120 valence electrons. The first-order valence-corrected chi connectivity index (χ1v) is 7.66. The molecule has 0 aliphatic heterocycles. The molecular formula is C18H18ClNO3. The van der Waals surface area contributed by atoms with Crippen LogP contribution in [-0.2, 0) is 11.4 Å². The molecule has 0 bridgehead atoms. The first-order chi connectivity index (χ1) is 11.0. The van der Waals surface area contributed by atoms with Crippen molar-refractivity contribution in [1.29, 1.82) is 0 Å². The molecule has 23 heavy (non-hydrogen) atoms. The number of aliphatic hydroxyl groups is 1. The third kappa shape index (κ3) is 4.91. The van der Waals surface area contributed by atoms with E-state index in [1.54, 1.807) is 36.4 Å². The zero-order valence-corrected chi connectivity index (χ0v) is 13.6. The summed E-state index contributed by atoms with van der Waals surface area (Å²) in [6, 6.07) is 12.0. The lowest BCUT2D eigenvalue weighted by Gasteiger charge is -2.10. The highest BCUT2D eigenvalue weighted by Gasteiger charge is 2.10. The first-order valence-electron chi connectivity index (χ1n) is 7.28. The van der Waals surface area contributed by atoms with Gasteiger partial charge in [-0.3, -0.25) is 9.59 Å². The molecule has 0 radical (unpaired) electrons. The topological polar surface area (TPSA) is 66.4 Å². The Labute approximate surface area is 140 Å². The molecule has 0 fully saturated rings. The van der Waals surface area contributed by atoms with Crippen molar-refractivity contribution in [3.05, 3.63) is 64.2 Å². The average molecular weight is 332 g/mol. The lowest BCUT2D eigenvalue weighted by molar-refractivity contribution is -0.116. The fourth-order valence-corrected chi connectivity index (χ4v) is 2.25. The van der Waals surface area contributed by atoms with Gasteiger partial charge >= 0.3 is 0 Å². The molecule has 0 aromatic heterocycles. The highest BCUT2D eigenvalue weighted by molar-refractivity contribution is 6.30. The van der Waals surface area contributed by atoms with Crippen molar-refractivity contribution in [1.82, 2.24) is 0 Å². The van der Waals surface area contributed by atoms with Crippen molar-refractivity contribution in [3.63, 3.8) is 0 Å². The number of Topliss-reactive ketones (excluding diaryl/α,β-unsaturated/α-hetero) is 1. The summed E-state index contributed by atoms with van der Waals surface area (Å²) in [7, 11) is 0. The molecule has 0 saturated heterocycles. The van der Waals surface area contributed by atoms with Gasteiger partial charge in [0.1, 0.15) is 0 Å². The number of amides is 1. The Bertz CT molecular complexity index is 711. The number of benzene rings is 2. The van der Waals surface area contributed by atoms with Gasteiger partial charge in [0.15, 0.2) is 5.78 Å². The minimum atomic E-state index is -0.231. The van der Waals surface area contributed by atoms with Crippen LogP contribution in [0.15, 0.2) is 42.5 Å². The number of anilines is 1. The Morgan fingerprint density at radius 3 is 2.43 bits per heavy atom. The van der Waals surface area contributed by atoms with Crippen molar-refractivity contribution < 1.29 is 14.7 Å². The van der Waals surface area contributed by atoms with Gasteiger partial charge in [-0.1, -0.05) is 23.7 Å². The van der Waals surface area contributed by atoms with E-state index >= 15 is 0 Å². The van der Waals surface area contributed by atoms with Crippen LogP contribution in [0.25, 0.3) is 0 Å². The molecule has 0 unspecified atom stereocenters. The number of aryl methyl sites for hydroxylation is 1. The van der Waals surface area contributed by atoms with E-state index < -0.39 is 0 Å². The van der Waals surface area contributed by atoms with E-state index in [1.807, 2.05) is 13.0 Å². The summed E-state index contributed by atoms with van der Waals surface area (Å²) in [6.45, 7) is 1.79. The van der Waals surface area contributed by atoms with Crippen molar-refractivity contribution in [2.45, 2.75) is 26.4 Å². The van der Waals surface area contributed by atoms with Gasteiger partial charge in [-0.2, -0.15) is 0 Å². The molecule has 4 nitrogen and oxygen atoms in total. The van der Waals surface area contributed by atoms with Crippen molar-refractivity contribution in [2.24, 2.45) is 0 Å². The van der Waals surface area contributed by atoms with Crippen LogP contribution in [0.5, 0.6) is 0 Å². The molecule has 0 saturated carbocycles. The highest BCUT2D eigenvalue weighted by atomic mass is 35.5. The van der Waals surface area contributed by atoms with E-state index in [-0.39, 0.29) is 31.1 Å². The fourth-order valence-electron chi connectivity index (χ4n) is 2.12. The predicted molar refractivity (Wildman–Crippen MR) is 90.7 cm³/mol. The predicted octanol–water partition coefficient (Wildman–Crippen LogP) is 3.74. The van der Waals surface area contributed by atoms with Crippen LogP contribution in [0.3, 0.4) is 0 Å². The van der Waals surface area contributed by atoms with Crippen molar-refractivity contribution in [2.75, 3.05) is 5.32 Å². The second-order valence-corrected chi connectivity index (χ2v) is 5.72. The molecule has 1 amide bonds. The third-order valence-corrected chi connectivity index (χ3v) is 3.76. The number of carbonyl (C=O) groups is 2. The van der Waals surface area contributed by atoms with Crippen LogP contribution >= 0.6 is 11.6 Å². The van der Waals surface area contributed by atoms with E-state index in [4.69, 9.17) is 16.7 Å². The fraction of sp³-hybridized carbons (Fsp3) is 0.222. The van der Waals surface area contributed by atoms with Crippen LogP contribution < -0.4 is 5.32 Å². The number of hydrogen-bond acceptors (Lipinski definition) is 3. The van der Waals surface area contributed by atoms with Gasteiger partial charge < -0.3 is 10.4 Å². The second kappa shape index (κ2) is 7.90.